The van der Waals surface area contributed by atoms with Gasteiger partial charge < -0.3 is 20.5 Å². The summed E-state index contributed by atoms with van der Waals surface area (Å²) >= 11 is 0. The molecule has 1 aliphatic heterocycles. The Morgan fingerprint density at radius 3 is 2.42 bits per heavy atom. The summed E-state index contributed by atoms with van der Waals surface area (Å²) in [5.74, 6) is -1.40. The molecule has 0 aromatic rings. The van der Waals surface area contributed by atoms with Gasteiger partial charge in [0.05, 0.1) is 6.10 Å². The van der Waals surface area contributed by atoms with E-state index in [2.05, 4.69) is 10.6 Å². The molecule has 1 rings (SSSR count). The predicted octanol–water partition coefficient (Wildman–Crippen LogP) is 0.371. The third-order valence-electron chi connectivity index (χ3n) is 3.15. The zero-order valence-corrected chi connectivity index (χ0v) is 11.9. The molecule has 0 radical (unpaired) electrons. The van der Waals surface area contributed by atoms with Crippen LogP contribution in [0.25, 0.3) is 0 Å². The number of nitrogens with one attached hydrogen (secondary N) is 2. The highest BCUT2D eigenvalue weighted by Gasteiger charge is 2.32. The number of carboxylic acids is 1. The third kappa shape index (κ3) is 5.57. The Labute approximate surface area is 113 Å². The lowest BCUT2D eigenvalue weighted by molar-refractivity contribution is -0.146. The first-order chi connectivity index (χ1) is 8.80. The lowest BCUT2D eigenvalue weighted by Gasteiger charge is -2.28. The van der Waals surface area contributed by atoms with Crippen molar-refractivity contribution in [3.05, 3.63) is 0 Å². The van der Waals surface area contributed by atoms with Gasteiger partial charge in [-0.25, -0.2) is 4.79 Å². The number of ether oxygens (including phenoxy) is 1. The van der Waals surface area contributed by atoms with Gasteiger partial charge in [0.15, 0.2) is 0 Å². The first-order valence-corrected chi connectivity index (χ1v) is 6.65. The first-order valence-electron chi connectivity index (χ1n) is 6.65. The lowest BCUT2D eigenvalue weighted by atomic mass is 9.87. The minimum atomic E-state index is -1.03. The van der Waals surface area contributed by atoms with Gasteiger partial charge in [-0.1, -0.05) is 20.8 Å². The highest BCUT2D eigenvalue weighted by atomic mass is 16.5. The second-order valence-electron chi connectivity index (χ2n) is 5.97. The molecule has 0 spiro atoms. The number of hydrogen-bond donors (Lipinski definition) is 3. The molecule has 1 fully saturated rings. The molecule has 0 saturated carbocycles. The van der Waals surface area contributed by atoms with Gasteiger partial charge in [-0.2, -0.15) is 0 Å². The van der Waals surface area contributed by atoms with Crippen molar-refractivity contribution in [1.82, 2.24) is 10.6 Å². The number of hydrogen-bond acceptors (Lipinski definition) is 4. The summed E-state index contributed by atoms with van der Waals surface area (Å²) < 4.78 is 5.49. The Hall–Kier alpha value is -1.14. The summed E-state index contributed by atoms with van der Waals surface area (Å²) in [5.41, 5.74) is -0.531. The Morgan fingerprint density at radius 2 is 1.95 bits per heavy atom. The monoisotopic (exact) mass is 272 g/mol. The molecule has 0 aromatic heterocycles. The van der Waals surface area contributed by atoms with E-state index in [4.69, 9.17) is 9.84 Å². The number of aliphatic carboxylic acids is 1. The van der Waals surface area contributed by atoms with Crippen LogP contribution in [0.3, 0.4) is 0 Å². The van der Waals surface area contributed by atoms with Gasteiger partial charge in [0.25, 0.3) is 0 Å². The van der Waals surface area contributed by atoms with Gasteiger partial charge in [0.1, 0.15) is 12.6 Å². The van der Waals surface area contributed by atoms with E-state index >= 15 is 0 Å². The molecule has 1 aliphatic rings. The molecule has 1 amide bonds. The van der Waals surface area contributed by atoms with Gasteiger partial charge in [0, 0.05) is 0 Å². The Kier molecular flexibility index (Phi) is 5.75. The van der Waals surface area contributed by atoms with E-state index in [1.165, 1.54) is 0 Å². The summed E-state index contributed by atoms with van der Waals surface area (Å²) in [4.78, 5) is 22.9. The standard InChI is InChI=1S/C13H24N2O4/c1-13(2,3)11(12(17)18)15-10(16)8-19-9-4-6-14-7-5-9/h9,11,14H,4-8H2,1-3H3,(H,15,16)(H,17,18)/t11-/m0/s1. The molecule has 6 nitrogen and oxygen atoms in total. The normalized spacial score (nSPS) is 18.9. The molecule has 0 aliphatic carbocycles. The van der Waals surface area contributed by atoms with Gasteiger partial charge in [-0.3, -0.25) is 4.79 Å². The SMILES string of the molecule is CC(C)(C)[C@@H](NC(=O)COC1CCNCC1)C(=O)O. The third-order valence-corrected chi connectivity index (χ3v) is 3.15. The van der Waals surface area contributed by atoms with Crippen LogP contribution in [0.2, 0.25) is 0 Å². The molecule has 1 atom stereocenters. The molecule has 19 heavy (non-hydrogen) atoms. The smallest absolute Gasteiger partial charge is 0.326 e. The van der Waals surface area contributed by atoms with Crippen LogP contribution >= 0.6 is 0 Å². The average molecular weight is 272 g/mol. The summed E-state index contributed by atoms with van der Waals surface area (Å²) in [6.45, 7) is 7.04. The van der Waals surface area contributed by atoms with Crippen LogP contribution < -0.4 is 10.6 Å². The fourth-order valence-corrected chi connectivity index (χ4v) is 2.01. The Morgan fingerprint density at radius 1 is 1.37 bits per heavy atom. The number of rotatable bonds is 5. The van der Waals surface area contributed by atoms with Crippen LogP contribution in [0, 0.1) is 5.41 Å². The topological polar surface area (TPSA) is 87.7 Å². The van der Waals surface area contributed by atoms with Crippen LogP contribution in [0.1, 0.15) is 33.6 Å². The van der Waals surface area contributed by atoms with Crippen LogP contribution in [0.5, 0.6) is 0 Å². The van der Waals surface area contributed by atoms with Crippen molar-refractivity contribution in [2.45, 2.75) is 45.8 Å². The van der Waals surface area contributed by atoms with E-state index in [1.807, 2.05) is 0 Å². The number of amides is 1. The zero-order chi connectivity index (χ0) is 14.5. The van der Waals surface area contributed by atoms with E-state index in [1.54, 1.807) is 20.8 Å². The minimum Gasteiger partial charge on any atom is -0.480 e. The Balaban J connectivity index is 2.38. The highest BCUT2D eigenvalue weighted by molar-refractivity contribution is 5.84. The molecular weight excluding hydrogens is 248 g/mol. The highest BCUT2D eigenvalue weighted by Crippen LogP contribution is 2.19. The number of carbonyl (C=O) groups is 2. The van der Waals surface area contributed by atoms with Crippen molar-refractivity contribution >= 4 is 11.9 Å². The lowest BCUT2D eigenvalue weighted by Crippen LogP contribution is -2.50. The molecule has 110 valence electrons. The van der Waals surface area contributed by atoms with Crippen molar-refractivity contribution in [1.29, 1.82) is 0 Å². The van der Waals surface area contributed by atoms with Crippen LogP contribution in [0.15, 0.2) is 0 Å². The summed E-state index contributed by atoms with van der Waals surface area (Å²) in [7, 11) is 0. The second kappa shape index (κ2) is 6.86. The fourth-order valence-electron chi connectivity index (χ4n) is 2.01. The maximum atomic E-state index is 11.7. The fraction of sp³-hybridized carbons (Fsp3) is 0.846. The van der Waals surface area contributed by atoms with Gasteiger partial charge in [0.2, 0.25) is 5.91 Å². The van der Waals surface area contributed by atoms with Crippen molar-refractivity contribution in [3.63, 3.8) is 0 Å². The summed E-state index contributed by atoms with van der Waals surface area (Å²) in [5, 5.41) is 14.8. The molecule has 6 heteroatoms. The molecule has 3 N–H and O–H groups in total. The zero-order valence-electron chi connectivity index (χ0n) is 11.9. The Bertz CT molecular complexity index is 319. The van der Waals surface area contributed by atoms with Crippen molar-refractivity contribution in [2.75, 3.05) is 19.7 Å². The first kappa shape index (κ1) is 15.9. The number of piperidine rings is 1. The van der Waals surface area contributed by atoms with Crippen molar-refractivity contribution in [3.8, 4) is 0 Å². The average Bonchev–Trinajstić information content (AvgIpc) is 2.33. The second-order valence-corrected chi connectivity index (χ2v) is 5.97. The quantitative estimate of drug-likeness (QED) is 0.673. The maximum Gasteiger partial charge on any atom is 0.326 e. The molecule has 0 bridgehead atoms. The van der Waals surface area contributed by atoms with Crippen molar-refractivity contribution < 1.29 is 19.4 Å². The van der Waals surface area contributed by atoms with Gasteiger partial charge in [-0.15, -0.1) is 0 Å². The molecule has 1 heterocycles. The van der Waals surface area contributed by atoms with E-state index in [0.29, 0.717) is 0 Å². The summed E-state index contributed by atoms with van der Waals surface area (Å²) in [6, 6.07) is -0.906. The minimum absolute atomic E-state index is 0.0788. The predicted molar refractivity (Wildman–Crippen MR) is 70.9 cm³/mol. The van der Waals surface area contributed by atoms with Crippen molar-refractivity contribution in [2.24, 2.45) is 5.41 Å². The van der Waals surface area contributed by atoms with Crippen LogP contribution in [-0.2, 0) is 14.3 Å². The van der Waals surface area contributed by atoms with E-state index in [9.17, 15) is 9.59 Å². The summed E-state index contributed by atoms with van der Waals surface area (Å²) in [6.07, 6.45) is 1.86. The van der Waals surface area contributed by atoms with E-state index in [0.717, 1.165) is 25.9 Å². The molecule has 0 aromatic carbocycles. The number of carboxylic acid groups (broad SMARTS) is 1. The number of carbonyl (C=O) groups excluding carboxylic acids is 1. The molecule has 0 unspecified atom stereocenters. The van der Waals surface area contributed by atoms with Gasteiger partial charge in [-0.05, 0) is 31.3 Å². The van der Waals surface area contributed by atoms with E-state index in [-0.39, 0.29) is 18.6 Å². The molecule has 1 saturated heterocycles. The van der Waals surface area contributed by atoms with Gasteiger partial charge >= 0.3 is 5.97 Å². The van der Waals surface area contributed by atoms with E-state index < -0.39 is 17.4 Å². The largest absolute Gasteiger partial charge is 0.480 e. The maximum absolute atomic E-state index is 11.7. The van der Waals surface area contributed by atoms with Crippen LogP contribution in [0.4, 0.5) is 0 Å². The molecular formula is C13H24N2O4. The van der Waals surface area contributed by atoms with Crippen LogP contribution in [-0.4, -0.2) is 48.8 Å².